The number of hydrogen-bond acceptors (Lipinski definition) is 2. The van der Waals surface area contributed by atoms with Crippen molar-refractivity contribution in [3.63, 3.8) is 0 Å². The predicted octanol–water partition coefficient (Wildman–Crippen LogP) is 2.72. The minimum absolute atomic E-state index is 0. The molecule has 0 aliphatic heterocycles. The zero-order chi connectivity index (χ0) is 18.0. The van der Waals surface area contributed by atoms with E-state index in [4.69, 9.17) is 5.21 Å². The van der Waals surface area contributed by atoms with Crippen LogP contribution in [0.5, 0.6) is 0 Å². The van der Waals surface area contributed by atoms with E-state index in [2.05, 4.69) is 29.2 Å². The summed E-state index contributed by atoms with van der Waals surface area (Å²) in [5, 5.41) is 11.5. The molecular weight excluding hydrogens is 346 g/mol. The minimum Gasteiger partial charge on any atom is -1.00 e. The molecule has 0 bridgehead atoms. The fourth-order valence-corrected chi connectivity index (χ4v) is 3.30. The van der Waals surface area contributed by atoms with E-state index in [1.807, 2.05) is 10.8 Å². The molecule has 26 heavy (non-hydrogen) atoms. The van der Waals surface area contributed by atoms with Gasteiger partial charge in [0.05, 0.1) is 12.8 Å². The Morgan fingerprint density at radius 2 is 1.35 bits per heavy atom. The van der Waals surface area contributed by atoms with Gasteiger partial charge in [0.1, 0.15) is 18.9 Å². The van der Waals surface area contributed by atoms with Gasteiger partial charge in [-0.2, -0.15) is 0 Å². The lowest BCUT2D eigenvalue weighted by molar-refractivity contribution is -0.680. The Bertz CT molecular complexity index is 435. The molecule has 0 aliphatic rings. The maximum atomic E-state index is 8.43. The van der Waals surface area contributed by atoms with Gasteiger partial charge in [0, 0.05) is 0 Å². The van der Waals surface area contributed by atoms with E-state index in [1.54, 1.807) is 0 Å². The van der Waals surface area contributed by atoms with Crippen LogP contribution in [0.1, 0.15) is 96.8 Å². The Balaban J connectivity index is 0.00000625. The van der Waals surface area contributed by atoms with Crippen molar-refractivity contribution in [1.29, 1.82) is 0 Å². The third-order valence-corrected chi connectivity index (χ3v) is 4.89. The lowest BCUT2D eigenvalue weighted by atomic mass is 10.0. The quantitative estimate of drug-likeness (QED) is 0.145. The van der Waals surface area contributed by atoms with Crippen LogP contribution in [-0.4, -0.2) is 16.0 Å². The van der Waals surface area contributed by atoms with Crippen LogP contribution >= 0.6 is 0 Å². The van der Waals surface area contributed by atoms with Crippen LogP contribution < -0.4 is 17.0 Å². The van der Waals surface area contributed by atoms with Gasteiger partial charge in [-0.15, -0.1) is 0 Å². The first-order valence-electron chi connectivity index (χ1n) is 10.6. The Labute approximate surface area is 167 Å². The van der Waals surface area contributed by atoms with Gasteiger partial charge in [-0.3, -0.25) is 0 Å². The monoisotopic (exact) mass is 385 g/mol. The predicted molar refractivity (Wildman–Crippen MR) is 105 cm³/mol. The highest BCUT2D eigenvalue weighted by Crippen LogP contribution is 2.13. The number of aryl methyl sites for hydroxylation is 1. The molecule has 4 nitrogen and oxygen atoms in total. The molecule has 5 heteroatoms. The molecule has 0 aliphatic carbocycles. The molecule has 1 aromatic heterocycles. The molecule has 0 saturated carbocycles. The van der Waals surface area contributed by atoms with Crippen LogP contribution in [0.2, 0.25) is 0 Å². The maximum Gasteiger partial charge on any atom is 0.244 e. The van der Waals surface area contributed by atoms with Crippen molar-refractivity contribution in [2.24, 2.45) is 5.16 Å². The molecule has 1 aromatic rings. The number of nitrogens with zero attached hydrogens (tertiary/aromatic N) is 3. The van der Waals surface area contributed by atoms with Crippen molar-refractivity contribution in [2.75, 3.05) is 0 Å². The molecule has 0 fully saturated rings. The largest absolute Gasteiger partial charge is 1.00 e. The topological polar surface area (TPSA) is 41.4 Å². The Morgan fingerprint density at radius 1 is 0.846 bits per heavy atom. The summed E-state index contributed by atoms with van der Waals surface area (Å²) in [6, 6.07) is 0. The van der Waals surface area contributed by atoms with E-state index in [1.165, 1.54) is 96.1 Å². The van der Waals surface area contributed by atoms with E-state index in [0.717, 1.165) is 6.54 Å². The summed E-state index contributed by atoms with van der Waals surface area (Å²) in [4.78, 5) is 0. The van der Waals surface area contributed by atoms with Crippen molar-refractivity contribution in [3.05, 3.63) is 18.7 Å². The van der Waals surface area contributed by atoms with Crippen LogP contribution in [0.3, 0.4) is 0 Å². The number of imidazole rings is 1. The summed E-state index contributed by atoms with van der Waals surface area (Å²) in [6.07, 6.45) is 27.3. The molecule has 1 N–H and O–H groups in total. The van der Waals surface area contributed by atoms with E-state index in [9.17, 15) is 0 Å². The van der Waals surface area contributed by atoms with Crippen molar-refractivity contribution < 1.29 is 22.2 Å². The molecular formula is C21H40ClN3O. The van der Waals surface area contributed by atoms with Crippen molar-refractivity contribution in [2.45, 2.75) is 110 Å². The lowest BCUT2D eigenvalue weighted by Crippen LogP contribution is -3.00. The second-order valence-corrected chi connectivity index (χ2v) is 7.24. The third kappa shape index (κ3) is 14.2. The third-order valence-electron chi connectivity index (χ3n) is 4.89. The molecule has 0 amide bonds. The second-order valence-electron chi connectivity index (χ2n) is 7.24. The first kappa shape index (κ1) is 25.0. The number of oxime groups is 1. The van der Waals surface area contributed by atoms with Gasteiger partial charge >= 0.3 is 0 Å². The second kappa shape index (κ2) is 18.8. The zero-order valence-corrected chi connectivity index (χ0v) is 17.5. The summed E-state index contributed by atoms with van der Waals surface area (Å²) in [7, 11) is 0. The fourth-order valence-electron chi connectivity index (χ4n) is 3.30. The molecule has 1 rings (SSSR count). The molecule has 0 unspecified atom stereocenters. The van der Waals surface area contributed by atoms with Gasteiger partial charge in [0.15, 0.2) is 0 Å². The van der Waals surface area contributed by atoms with Gasteiger partial charge in [0.25, 0.3) is 0 Å². The number of hydrogen-bond donors (Lipinski definition) is 1. The van der Waals surface area contributed by atoms with Gasteiger partial charge in [0.2, 0.25) is 6.33 Å². The van der Waals surface area contributed by atoms with Crippen LogP contribution in [-0.2, 0) is 13.1 Å². The Kier molecular flexibility index (Phi) is 18.0. The van der Waals surface area contributed by atoms with E-state index in [0.29, 0.717) is 6.54 Å². The average molecular weight is 386 g/mol. The highest BCUT2D eigenvalue weighted by Gasteiger charge is 2.02. The van der Waals surface area contributed by atoms with Crippen LogP contribution in [0.25, 0.3) is 0 Å². The summed E-state index contributed by atoms with van der Waals surface area (Å²) in [5.74, 6) is 0. The zero-order valence-electron chi connectivity index (χ0n) is 16.8. The number of unbranched alkanes of at least 4 members (excludes halogenated alkanes) is 13. The smallest absolute Gasteiger partial charge is 0.244 e. The van der Waals surface area contributed by atoms with Crippen LogP contribution in [0, 0.1) is 0 Å². The average Bonchev–Trinajstić information content (AvgIpc) is 3.08. The van der Waals surface area contributed by atoms with Gasteiger partial charge in [-0.1, -0.05) is 89.1 Å². The normalized spacial score (nSPS) is 11.1. The minimum atomic E-state index is 0. The lowest BCUT2D eigenvalue weighted by Gasteiger charge is -2.03. The molecule has 0 aromatic carbocycles. The van der Waals surface area contributed by atoms with Crippen molar-refractivity contribution in [3.8, 4) is 0 Å². The van der Waals surface area contributed by atoms with Crippen LogP contribution in [0.4, 0.5) is 0 Å². The first-order chi connectivity index (χ1) is 12.4. The van der Waals surface area contributed by atoms with Gasteiger partial charge < -0.3 is 17.6 Å². The Hall–Kier alpha value is -1.03. The van der Waals surface area contributed by atoms with E-state index < -0.39 is 0 Å². The van der Waals surface area contributed by atoms with Gasteiger partial charge in [-0.05, 0) is 12.8 Å². The van der Waals surface area contributed by atoms with Gasteiger partial charge in [-0.25, -0.2) is 9.13 Å². The van der Waals surface area contributed by atoms with Crippen molar-refractivity contribution >= 4 is 6.21 Å². The van der Waals surface area contributed by atoms with E-state index in [-0.39, 0.29) is 12.4 Å². The van der Waals surface area contributed by atoms with E-state index >= 15 is 0 Å². The molecule has 0 radical (unpaired) electrons. The standard InChI is InChI=1S/C21H39N3O.ClH/c1-2-3-4-5-6-7-8-9-10-11-12-13-14-15-17-23-19-20-24(21-23)18-16-22-25;/h16,19-21H,2-15,17-18H2,1H3;1H. The highest BCUT2D eigenvalue weighted by molar-refractivity contribution is 5.53. The first-order valence-corrected chi connectivity index (χ1v) is 10.6. The molecule has 152 valence electrons. The summed E-state index contributed by atoms with van der Waals surface area (Å²) in [5.41, 5.74) is 0. The number of rotatable bonds is 17. The fraction of sp³-hybridized carbons (Fsp3) is 0.810. The maximum absolute atomic E-state index is 8.43. The SMILES string of the molecule is CCCCCCCCCCCCCCCCn1cc[n+](CC=NO)c1.[Cl-]. The Morgan fingerprint density at radius 3 is 1.85 bits per heavy atom. The highest BCUT2D eigenvalue weighted by atomic mass is 35.5. The summed E-state index contributed by atoms with van der Waals surface area (Å²) < 4.78 is 4.23. The molecule has 0 atom stereocenters. The number of halogens is 1. The molecule has 1 heterocycles. The van der Waals surface area contributed by atoms with Crippen molar-refractivity contribution in [1.82, 2.24) is 4.57 Å². The molecule has 0 saturated heterocycles. The molecule has 0 spiro atoms. The van der Waals surface area contributed by atoms with Crippen LogP contribution in [0.15, 0.2) is 23.9 Å². The number of aromatic nitrogens is 2. The summed E-state index contributed by atoms with van der Waals surface area (Å²) >= 11 is 0. The summed E-state index contributed by atoms with van der Waals surface area (Å²) in [6.45, 7) is 4.00.